The predicted molar refractivity (Wildman–Crippen MR) is 108 cm³/mol. The number of carbonyl (C=O) groups excluding carboxylic acids is 2. The van der Waals surface area contributed by atoms with Crippen LogP contribution in [0, 0.1) is 12.8 Å². The lowest BCUT2D eigenvalue weighted by molar-refractivity contribution is -0.164. The number of primary amides is 1. The fourth-order valence-corrected chi connectivity index (χ4v) is 3.87. The molecule has 0 bridgehead atoms. The molecule has 146 valence electrons. The zero-order valence-corrected chi connectivity index (χ0v) is 16.2. The van der Waals surface area contributed by atoms with E-state index < -0.39 is 11.5 Å². The van der Waals surface area contributed by atoms with E-state index in [9.17, 15) is 9.59 Å². The van der Waals surface area contributed by atoms with E-state index in [1.165, 1.54) is 5.56 Å². The van der Waals surface area contributed by atoms with E-state index in [1.54, 1.807) is 4.90 Å². The molecular weight excluding hydrogens is 352 g/mol. The molecule has 5 nitrogen and oxygen atoms in total. The van der Waals surface area contributed by atoms with Crippen LogP contribution < -0.4 is 5.73 Å². The molecule has 1 aliphatic heterocycles. The zero-order valence-electron chi connectivity index (χ0n) is 16.2. The van der Waals surface area contributed by atoms with Crippen LogP contribution in [0.1, 0.15) is 24.0 Å². The van der Waals surface area contributed by atoms with Crippen LogP contribution in [-0.4, -0.2) is 42.0 Å². The molecule has 2 aromatic rings. The molecule has 1 aliphatic carbocycles. The van der Waals surface area contributed by atoms with E-state index in [2.05, 4.69) is 37.3 Å². The second-order valence-corrected chi connectivity index (χ2v) is 7.98. The van der Waals surface area contributed by atoms with Gasteiger partial charge >= 0.3 is 0 Å². The van der Waals surface area contributed by atoms with Crippen molar-refractivity contribution in [3.63, 3.8) is 0 Å². The van der Waals surface area contributed by atoms with E-state index in [4.69, 9.17) is 10.5 Å². The summed E-state index contributed by atoms with van der Waals surface area (Å²) in [6, 6.07) is 16.5. The second kappa shape index (κ2) is 7.40. The summed E-state index contributed by atoms with van der Waals surface area (Å²) in [5, 5.41) is 0. The van der Waals surface area contributed by atoms with Crippen molar-refractivity contribution in [2.45, 2.75) is 31.8 Å². The molecule has 1 saturated heterocycles. The lowest BCUT2D eigenvalue weighted by Gasteiger charge is -2.41. The second-order valence-electron chi connectivity index (χ2n) is 7.98. The van der Waals surface area contributed by atoms with Gasteiger partial charge in [-0.05, 0) is 36.5 Å². The minimum atomic E-state index is -1.16. The first-order chi connectivity index (χ1) is 13.5. The summed E-state index contributed by atoms with van der Waals surface area (Å²) in [6.07, 6.45) is 2.26. The minimum absolute atomic E-state index is 0.122. The molecule has 2 amide bonds. The average molecular weight is 378 g/mol. The number of aryl methyl sites for hydroxylation is 1. The smallest absolute Gasteiger partial charge is 0.251 e. The number of nitrogens with zero attached hydrogens (tertiary/aromatic N) is 1. The number of benzene rings is 2. The van der Waals surface area contributed by atoms with Crippen molar-refractivity contribution in [1.29, 1.82) is 0 Å². The molecule has 1 heterocycles. The van der Waals surface area contributed by atoms with Crippen LogP contribution in [0.4, 0.5) is 0 Å². The summed E-state index contributed by atoms with van der Waals surface area (Å²) < 4.78 is 5.87. The third-order valence-electron chi connectivity index (χ3n) is 5.67. The molecule has 1 saturated carbocycles. The van der Waals surface area contributed by atoms with Crippen LogP contribution in [0.2, 0.25) is 0 Å². The maximum absolute atomic E-state index is 12.5. The van der Waals surface area contributed by atoms with Crippen molar-refractivity contribution in [2.24, 2.45) is 11.7 Å². The highest BCUT2D eigenvalue weighted by Crippen LogP contribution is 2.33. The number of hydrogen-bond donors (Lipinski definition) is 1. The van der Waals surface area contributed by atoms with E-state index >= 15 is 0 Å². The summed E-state index contributed by atoms with van der Waals surface area (Å²) in [5.74, 6) is -0.260. The van der Waals surface area contributed by atoms with Crippen LogP contribution >= 0.6 is 0 Å². The highest BCUT2D eigenvalue weighted by molar-refractivity contribution is 5.87. The van der Waals surface area contributed by atoms with Gasteiger partial charge in [-0.15, -0.1) is 0 Å². The first-order valence-corrected chi connectivity index (χ1v) is 9.85. The molecule has 0 aromatic heterocycles. The van der Waals surface area contributed by atoms with Crippen LogP contribution in [-0.2, 0) is 20.7 Å². The Morgan fingerprint density at radius 3 is 2.54 bits per heavy atom. The number of ether oxygens (including phenoxy) is 1. The van der Waals surface area contributed by atoms with E-state index in [1.807, 2.05) is 18.2 Å². The lowest BCUT2D eigenvalue weighted by Crippen LogP contribution is -2.61. The standard InChI is InChI=1S/C23H26N2O3/c1-16-3-2-4-20(13-16)18-7-5-17(6-8-18)14-23(22(24)27)15-25(11-12-28-23)21(26)19-9-10-19/h2-8,13,19H,9-12,14-15H2,1H3,(H2,24,27). The minimum Gasteiger partial charge on any atom is -0.367 e. The molecule has 2 aromatic carbocycles. The lowest BCUT2D eigenvalue weighted by atomic mass is 9.90. The van der Waals surface area contributed by atoms with Gasteiger partial charge in [0.1, 0.15) is 0 Å². The Bertz CT molecular complexity index is 889. The number of rotatable bonds is 5. The first-order valence-electron chi connectivity index (χ1n) is 9.85. The van der Waals surface area contributed by atoms with E-state index in [0.717, 1.165) is 29.5 Å². The van der Waals surface area contributed by atoms with Crippen LogP contribution in [0.15, 0.2) is 48.5 Å². The molecule has 2 fully saturated rings. The highest BCUT2D eigenvalue weighted by Gasteiger charge is 2.45. The summed E-state index contributed by atoms with van der Waals surface area (Å²) in [6.45, 7) is 3.17. The number of carbonyl (C=O) groups is 2. The van der Waals surface area contributed by atoms with Crippen LogP contribution in [0.25, 0.3) is 11.1 Å². The molecule has 5 heteroatoms. The fourth-order valence-electron chi connectivity index (χ4n) is 3.87. The topological polar surface area (TPSA) is 72.6 Å². The summed E-state index contributed by atoms with van der Waals surface area (Å²) in [5.41, 5.74) is 9.04. The van der Waals surface area contributed by atoms with Crippen molar-refractivity contribution in [2.75, 3.05) is 19.7 Å². The Morgan fingerprint density at radius 2 is 1.89 bits per heavy atom. The van der Waals surface area contributed by atoms with Crippen LogP contribution in [0.5, 0.6) is 0 Å². The van der Waals surface area contributed by atoms with Gasteiger partial charge in [0.2, 0.25) is 5.91 Å². The van der Waals surface area contributed by atoms with Gasteiger partial charge in [0, 0.05) is 18.9 Å². The monoisotopic (exact) mass is 378 g/mol. The van der Waals surface area contributed by atoms with Gasteiger partial charge in [-0.2, -0.15) is 0 Å². The van der Waals surface area contributed by atoms with E-state index in [0.29, 0.717) is 19.6 Å². The molecule has 4 rings (SSSR count). The van der Waals surface area contributed by atoms with Gasteiger partial charge in [-0.1, -0.05) is 54.1 Å². The number of hydrogen-bond acceptors (Lipinski definition) is 3. The number of amides is 2. The molecule has 2 aliphatic rings. The van der Waals surface area contributed by atoms with Gasteiger partial charge in [0.15, 0.2) is 5.60 Å². The molecule has 28 heavy (non-hydrogen) atoms. The maximum Gasteiger partial charge on any atom is 0.251 e. The SMILES string of the molecule is Cc1cccc(-c2ccc(CC3(C(N)=O)CN(C(=O)C4CC4)CCO3)cc2)c1. The quantitative estimate of drug-likeness (QED) is 0.869. The van der Waals surface area contributed by atoms with Crippen molar-refractivity contribution in [1.82, 2.24) is 4.90 Å². The number of nitrogens with two attached hydrogens (primary N) is 1. The Kier molecular flexibility index (Phi) is 4.94. The van der Waals surface area contributed by atoms with Gasteiger partial charge in [-0.3, -0.25) is 9.59 Å². The summed E-state index contributed by atoms with van der Waals surface area (Å²) >= 11 is 0. The predicted octanol–water partition coefficient (Wildman–Crippen LogP) is 2.70. The van der Waals surface area contributed by atoms with E-state index in [-0.39, 0.29) is 18.4 Å². The molecule has 0 spiro atoms. The van der Waals surface area contributed by atoms with Gasteiger partial charge < -0.3 is 15.4 Å². The Morgan fingerprint density at radius 1 is 1.14 bits per heavy atom. The fraction of sp³-hybridized carbons (Fsp3) is 0.391. The molecular formula is C23H26N2O3. The van der Waals surface area contributed by atoms with Crippen molar-refractivity contribution >= 4 is 11.8 Å². The first kappa shape index (κ1) is 18.7. The third-order valence-corrected chi connectivity index (χ3v) is 5.67. The number of morpholine rings is 1. The average Bonchev–Trinajstić information content (AvgIpc) is 3.53. The molecule has 0 radical (unpaired) electrons. The Labute approximate surface area is 165 Å². The summed E-state index contributed by atoms with van der Waals surface area (Å²) in [7, 11) is 0. The molecule has 2 N–H and O–H groups in total. The third kappa shape index (κ3) is 3.80. The normalized spacial score (nSPS) is 22.1. The van der Waals surface area contributed by atoms with Gasteiger partial charge in [-0.25, -0.2) is 0 Å². The van der Waals surface area contributed by atoms with Crippen molar-refractivity contribution < 1.29 is 14.3 Å². The maximum atomic E-state index is 12.5. The van der Waals surface area contributed by atoms with Crippen LogP contribution in [0.3, 0.4) is 0 Å². The molecule has 1 atom stereocenters. The zero-order chi connectivity index (χ0) is 19.7. The summed E-state index contributed by atoms with van der Waals surface area (Å²) in [4.78, 5) is 26.5. The van der Waals surface area contributed by atoms with Gasteiger partial charge in [0.25, 0.3) is 5.91 Å². The van der Waals surface area contributed by atoms with Gasteiger partial charge in [0.05, 0.1) is 13.2 Å². The van der Waals surface area contributed by atoms with Crippen molar-refractivity contribution in [3.05, 3.63) is 59.7 Å². The highest BCUT2D eigenvalue weighted by atomic mass is 16.5. The largest absolute Gasteiger partial charge is 0.367 e. The Balaban J connectivity index is 1.53. The van der Waals surface area contributed by atoms with Crippen molar-refractivity contribution in [3.8, 4) is 11.1 Å². The Hall–Kier alpha value is -2.66. The molecule has 1 unspecified atom stereocenters.